The Morgan fingerprint density at radius 2 is 1.71 bits per heavy atom. The van der Waals surface area contributed by atoms with E-state index in [9.17, 15) is 23.9 Å². The van der Waals surface area contributed by atoms with Gasteiger partial charge in [0.1, 0.15) is 11.6 Å². The number of amides is 2. The van der Waals surface area contributed by atoms with E-state index in [1.807, 2.05) is 25.9 Å². The van der Waals surface area contributed by atoms with E-state index in [0.717, 1.165) is 12.1 Å². The van der Waals surface area contributed by atoms with Gasteiger partial charge in [-0.3, -0.25) is 14.4 Å². The molecule has 1 atom stereocenters. The molecule has 34 heavy (non-hydrogen) atoms. The Balaban J connectivity index is 1.99. The normalized spacial score (nSPS) is 21.3. The lowest BCUT2D eigenvalue weighted by molar-refractivity contribution is -0.143. The highest BCUT2D eigenvalue weighted by Gasteiger charge is 2.66. The first-order chi connectivity index (χ1) is 16.2. The maximum Gasteiger partial charge on any atom is 0.296 e. The molecule has 0 aromatic heterocycles. The number of likely N-dealkylation sites (tertiary alicyclic amines) is 1. The first-order valence-electron chi connectivity index (χ1n) is 11.4. The lowest BCUT2D eigenvalue weighted by Gasteiger charge is -2.34. The van der Waals surface area contributed by atoms with Crippen LogP contribution in [0.4, 0.5) is 10.1 Å². The summed E-state index contributed by atoms with van der Waals surface area (Å²) in [6, 6.07) is 12.0. The molecular weight excluding hydrogens is 437 g/mol. The van der Waals surface area contributed by atoms with Gasteiger partial charge in [-0.05, 0) is 63.8 Å². The number of halogens is 1. The van der Waals surface area contributed by atoms with Crippen molar-refractivity contribution in [1.82, 2.24) is 9.80 Å². The van der Waals surface area contributed by atoms with Gasteiger partial charge in [-0.2, -0.15) is 0 Å². The maximum atomic E-state index is 14.1. The topological polar surface area (TPSA) is 81.2 Å². The number of aliphatic hydroxyl groups excluding tert-OH is 1. The SMILES string of the molecule is CCCN1C(=O)C2(/C(=C(/O)c3ccc(F)cc3)C(=O)C(=O)N2CCCN(C)C)c2ccccc21. The van der Waals surface area contributed by atoms with E-state index in [-0.39, 0.29) is 17.7 Å². The minimum absolute atomic E-state index is 0.156. The largest absolute Gasteiger partial charge is 0.507 e. The average molecular weight is 466 g/mol. The zero-order chi connectivity index (χ0) is 24.6. The third kappa shape index (κ3) is 3.49. The molecule has 2 aliphatic heterocycles. The summed E-state index contributed by atoms with van der Waals surface area (Å²) >= 11 is 0. The van der Waals surface area contributed by atoms with Crippen molar-refractivity contribution in [2.24, 2.45) is 0 Å². The number of hydrogen-bond acceptors (Lipinski definition) is 5. The smallest absolute Gasteiger partial charge is 0.296 e. The molecule has 2 amide bonds. The molecule has 4 rings (SSSR count). The van der Waals surface area contributed by atoms with Crippen molar-refractivity contribution < 1.29 is 23.9 Å². The van der Waals surface area contributed by atoms with Gasteiger partial charge in [0.25, 0.3) is 17.6 Å². The monoisotopic (exact) mass is 465 g/mol. The fourth-order valence-corrected chi connectivity index (χ4v) is 4.91. The van der Waals surface area contributed by atoms with Crippen molar-refractivity contribution in [3.63, 3.8) is 0 Å². The van der Waals surface area contributed by atoms with E-state index in [1.54, 1.807) is 29.2 Å². The number of anilines is 1. The van der Waals surface area contributed by atoms with E-state index in [0.29, 0.717) is 37.2 Å². The Morgan fingerprint density at radius 1 is 1.03 bits per heavy atom. The second-order valence-corrected chi connectivity index (χ2v) is 8.86. The quantitative estimate of drug-likeness (QED) is 0.386. The second-order valence-electron chi connectivity index (χ2n) is 8.86. The van der Waals surface area contributed by atoms with Crippen LogP contribution in [-0.2, 0) is 19.9 Å². The van der Waals surface area contributed by atoms with Gasteiger partial charge >= 0.3 is 0 Å². The van der Waals surface area contributed by atoms with Crippen LogP contribution in [0.15, 0.2) is 54.1 Å². The zero-order valence-electron chi connectivity index (χ0n) is 19.5. The van der Waals surface area contributed by atoms with Crippen LogP contribution in [0.5, 0.6) is 0 Å². The third-order valence-corrected chi connectivity index (χ3v) is 6.36. The minimum atomic E-state index is -1.77. The predicted molar refractivity (Wildman–Crippen MR) is 127 cm³/mol. The second kappa shape index (κ2) is 9.02. The maximum absolute atomic E-state index is 14.1. The summed E-state index contributed by atoms with van der Waals surface area (Å²) in [5, 5.41) is 11.3. The first kappa shape index (κ1) is 23.6. The van der Waals surface area contributed by atoms with Crippen molar-refractivity contribution in [2.45, 2.75) is 25.3 Å². The summed E-state index contributed by atoms with van der Waals surface area (Å²) in [5.41, 5.74) is -0.790. The average Bonchev–Trinajstić information content (AvgIpc) is 3.18. The Bertz CT molecular complexity index is 1170. The summed E-state index contributed by atoms with van der Waals surface area (Å²) in [5.74, 6) is -3.19. The Labute approximate surface area is 198 Å². The Hall–Kier alpha value is -3.52. The Morgan fingerprint density at radius 3 is 2.35 bits per heavy atom. The highest BCUT2D eigenvalue weighted by molar-refractivity contribution is 6.50. The molecule has 1 N–H and O–H groups in total. The number of benzene rings is 2. The molecule has 1 saturated heterocycles. The van der Waals surface area contributed by atoms with Crippen molar-refractivity contribution in [2.75, 3.05) is 38.6 Å². The molecule has 0 radical (unpaired) electrons. The van der Waals surface area contributed by atoms with Gasteiger partial charge in [0, 0.05) is 24.2 Å². The molecule has 2 aromatic rings. The molecule has 8 heteroatoms. The van der Waals surface area contributed by atoms with E-state index >= 15 is 0 Å². The van der Waals surface area contributed by atoms with E-state index < -0.39 is 34.7 Å². The van der Waals surface area contributed by atoms with Crippen LogP contribution in [0.3, 0.4) is 0 Å². The van der Waals surface area contributed by atoms with E-state index in [1.165, 1.54) is 17.0 Å². The molecule has 1 fully saturated rings. The number of ketones is 1. The fraction of sp³-hybridized carbons (Fsp3) is 0.346. The number of hydrogen-bond donors (Lipinski definition) is 1. The fourth-order valence-electron chi connectivity index (χ4n) is 4.91. The number of aliphatic hydroxyl groups is 1. The molecule has 1 spiro atoms. The van der Waals surface area contributed by atoms with Gasteiger partial charge in [0.05, 0.1) is 11.3 Å². The van der Waals surface area contributed by atoms with E-state index in [2.05, 4.69) is 0 Å². The number of para-hydroxylation sites is 1. The summed E-state index contributed by atoms with van der Waals surface area (Å²) in [7, 11) is 3.80. The molecule has 7 nitrogen and oxygen atoms in total. The Kier molecular flexibility index (Phi) is 6.27. The highest BCUT2D eigenvalue weighted by atomic mass is 19.1. The molecule has 178 valence electrons. The molecule has 0 saturated carbocycles. The molecule has 1 unspecified atom stereocenters. The first-order valence-corrected chi connectivity index (χ1v) is 11.4. The number of nitrogens with zero attached hydrogens (tertiary/aromatic N) is 3. The van der Waals surface area contributed by atoms with Gasteiger partial charge in [0.2, 0.25) is 0 Å². The lowest BCUT2D eigenvalue weighted by Crippen LogP contribution is -2.52. The van der Waals surface area contributed by atoms with Crippen LogP contribution < -0.4 is 4.90 Å². The van der Waals surface area contributed by atoms with Crippen LogP contribution in [0.1, 0.15) is 30.9 Å². The predicted octanol–water partition coefficient (Wildman–Crippen LogP) is 3.11. The molecule has 2 aliphatic rings. The molecule has 0 bridgehead atoms. The van der Waals surface area contributed by atoms with Crippen molar-refractivity contribution in [1.29, 1.82) is 0 Å². The van der Waals surface area contributed by atoms with Crippen molar-refractivity contribution >= 4 is 29.0 Å². The lowest BCUT2D eigenvalue weighted by atomic mass is 9.82. The molecule has 0 aliphatic carbocycles. The van der Waals surface area contributed by atoms with Crippen LogP contribution >= 0.6 is 0 Å². The van der Waals surface area contributed by atoms with Crippen LogP contribution in [-0.4, -0.2) is 66.2 Å². The van der Waals surface area contributed by atoms with Crippen molar-refractivity contribution in [3.8, 4) is 0 Å². The van der Waals surface area contributed by atoms with Crippen LogP contribution in [0.2, 0.25) is 0 Å². The summed E-state index contributed by atoms with van der Waals surface area (Å²) in [6.45, 7) is 3.14. The number of carbonyl (C=O) groups excluding carboxylic acids is 3. The summed E-state index contributed by atoms with van der Waals surface area (Å²) < 4.78 is 13.5. The molecular formula is C26H28FN3O4. The van der Waals surface area contributed by atoms with Gasteiger partial charge in [-0.25, -0.2) is 4.39 Å². The van der Waals surface area contributed by atoms with Crippen LogP contribution in [0, 0.1) is 5.82 Å². The standard InChI is InChI=1S/C26H28FN3O4/c1-4-14-29-20-9-6-5-8-19(20)26(25(29)34)21(22(31)17-10-12-18(27)13-11-17)23(32)24(33)30(26)16-7-15-28(2)3/h5-6,8-13,31H,4,7,14-16H2,1-3H3/b22-21+. The number of fused-ring (bicyclic) bond motifs is 2. The number of Topliss-reactive ketones (excluding diaryl/α,β-unsaturated/α-hetero) is 1. The van der Waals surface area contributed by atoms with Gasteiger partial charge in [-0.15, -0.1) is 0 Å². The van der Waals surface area contributed by atoms with E-state index in [4.69, 9.17) is 0 Å². The van der Waals surface area contributed by atoms with Gasteiger partial charge in [0.15, 0.2) is 5.54 Å². The van der Waals surface area contributed by atoms with Crippen LogP contribution in [0.25, 0.3) is 5.76 Å². The molecule has 2 aromatic carbocycles. The van der Waals surface area contributed by atoms with Gasteiger partial charge < -0.3 is 19.8 Å². The van der Waals surface area contributed by atoms with Gasteiger partial charge in [-0.1, -0.05) is 25.1 Å². The number of carbonyl (C=O) groups is 3. The highest BCUT2D eigenvalue weighted by Crippen LogP contribution is 2.53. The summed E-state index contributed by atoms with van der Waals surface area (Å²) in [4.78, 5) is 45.7. The minimum Gasteiger partial charge on any atom is -0.507 e. The number of rotatable bonds is 7. The zero-order valence-corrected chi connectivity index (χ0v) is 19.5. The summed E-state index contributed by atoms with van der Waals surface area (Å²) in [6.07, 6.45) is 1.20. The third-order valence-electron chi connectivity index (χ3n) is 6.36. The van der Waals surface area contributed by atoms with Crippen molar-refractivity contribution in [3.05, 3.63) is 71.0 Å². The molecule has 2 heterocycles.